The van der Waals surface area contributed by atoms with E-state index >= 15 is 0 Å². The standard InChI is InChI=1S/C15H13Cl3N2O/c1-9(15(21)20-10-5-3-2-4-6-10)19-14-8-12(17)11(16)7-13(14)18/h2-9,19H,1H3,(H,20,21). The van der Waals surface area contributed by atoms with Gasteiger partial charge in [0.1, 0.15) is 6.04 Å². The van der Waals surface area contributed by atoms with Crippen LogP contribution in [0.2, 0.25) is 15.1 Å². The molecule has 0 fully saturated rings. The predicted molar refractivity (Wildman–Crippen MR) is 89.6 cm³/mol. The van der Waals surface area contributed by atoms with E-state index in [1.54, 1.807) is 13.0 Å². The van der Waals surface area contributed by atoms with Gasteiger partial charge in [0.05, 0.1) is 20.8 Å². The molecule has 0 radical (unpaired) electrons. The Hall–Kier alpha value is -1.42. The topological polar surface area (TPSA) is 41.1 Å². The van der Waals surface area contributed by atoms with Crippen molar-refractivity contribution in [3.63, 3.8) is 0 Å². The molecule has 0 heterocycles. The number of nitrogens with one attached hydrogen (secondary N) is 2. The van der Waals surface area contributed by atoms with Gasteiger partial charge in [0.15, 0.2) is 0 Å². The van der Waals surface area contributed by atoms with E-state index < -0.39 is 6.04 Å². The summed E-state index contributed by atoms with van der Waals surface area (Å²) in [4.78, 5) is 12.1. The molecule has 0 aliphatic heterocycles. The molecule has 1 amide bonds. The Morgan fingerprint density at radius 2 is 1.62 bits per heavy atom. The highest BCUT2D eigenvalue weighted by Crippen LogP contribution is 2.32. The van der Waals surface area contributed by atoms with Crippen molar-refractivity contribution in [3.8, 4) is 0 Å². The average molecular weight is 344 g/mol. The number of halogens is 3. The van der Waals surface area contributed by atoms with Gasteiger partial charge in [-0.1, -0.05) is 53.0 Å². The van der Waals surface area contributed by atoms with Crippen LogP contribution in [-0.2, 0) is 4.79 Å². The molecule has 0 saturated heterocycles. The maximum atomic E-state index is 12.1. The van der Waals surface area contributed by atoms with Gasteiger partial charge >= 0.3 is 0 Å². The van der Waals surface area contributed by atoms with Gasteiger partial charge in [-0.15, -0.1) is 0 Å². The molecule has 2 aromatic carbocycles. The minimum absolute atomic E-state index is 0.177. The van der Waals surface area contributed by atoms with E-state index in [-0.39, 0.29) is 5.91 Å². The number of amides is 1. The third-order valence-electron chi connectivity index (χ3n) is 2.82. The SMILES string of the molecule is CC(Nc1cc(Cl)c(Cl)cc1Cl)C(=O)Nc1ccccc1. The van der Waals surface area contributed by atoms with Crippen LogP contribution in [-0.4, -0.2) is 11.9 Å². The Balaban J connectivity index is 2.06. The summed E-state index contributed by atoms with van der Waals surface area (Å²) in [5.41, 5.74) is 1.29. The van der Waals surface area contributed by atoms with Crippen LogP contribution in [0.5, 0.6) is 0 Å². The molecule has 0 spiro atoms. The van der Waals surface area contributed by atoms with Crippen molar-refractivity contribution in [2.24, 2.45) is 0 Å². The first-order valence-electron chi connectivity index (χ1n) is 6.24. The van der Waals surface area contributed by atoms with E-state index in [0.29, 0.717) is 20.8 Å². The lowest BCUT2D eigenvalue weighted by molar-refractivity contribution is -0.116. The molecule has 0 aliphatic rings. The quantitative estimate of drug-likeness (QED) is 0.760. The van der Waals surface area contributed by atoms with Crippen molar-refractivity contribution in [2.45, 2.75) is 13.0 Å². The number of anilines is 2. The largest absolute Gasteiger partial charge is 0.373 e. The van der Waals surface area contributed by atoms with Crippen LogP contribution >= 0.6 is 34.8 Å². The van der Waals surface area contributed by atoms with E-state index in [9.17, 15) is 4.79 Å². The monoisotopic (exact) mass is 342 g/mol. The van der Waals surface area contributed by atoms with Crippen LogP contribution in [0.4, 0.5) is 11.4 Å². The fourth-order valence-corrected chi connectivity index (χ4v) is 2.31. The highest BCUT2D eigenvalue weighted by Gasteiger charge is 2.15. The Morgan fingerprint density at radius 3 is 2.29 bits per heavy atom. The molecule has 2 rings (SSSR count). The molecule has 0 aliphatic carbocycles. The maximum absolute atomic E-state index is 12.1. The average Bonchev–Trinajstić information content (AvgIpc) is 2.45. The van der Waals surface area contributed by atoms with Gasteiger partial charge in [-0.25, -0.2) is 0 Å². The zero-order valence-electron chi connectivity index (χ0n) is 11.2. The zero-order chi connectivity index (χ0) is 15.4. The number of hydrogen-bond donors (Lipinski definition) is 2. The summed E-state index contributed by atoms with van der Waals surface area (Å²) in [6.07, 6.45) is 0. The van der Waals surface area contributed by atoms with Crippen LogP contribution in [0.15, 0.2) is 42.5 Å². The second-order valence-corrected chi connectivity index (χ2v) is 5.69. The van der Waals surface area contributed by atoms with Gasteiger partial charge in [0, 0.05) is 5.69 Å². The molecule has 3 nitrogen and oxygen atoms in total. The molecule has 1 unspecified atom stereocenters. The summed E-state index contributed by atoms with van der Waals surface area (Å²) in [5, 5.41) is 6.96. The number of carbonyl (C=O) groups is 1. The Labute approximate surface area is 138 Å². The van der Waals surface area contributed by atoms with E-state index in [1.165, 1.54) is 6.07 Å². The van der Waals surface area contributed by atoms with Gasteiger partial charge < -0.3 is 10.6 Å². The number of benzene rings is 2. The fourth-order valence-electron chi connectivity index (χ4n) is 1.70. The summed E-state index contributed by atoms with van der Waals surface area (Å²) < 4.78 is 0. The molecule has 0 bridgehead atoms. The van der Waals surface area contributed by atoms with Gasteiger partial charge in [0.25, 0.3) is 0 Å². The maximum Gasteiger partial charge on any atom is 0.246 e. The highest BCUT2D eigenvalue weighted by atomic mass is 35.5. The molecule has 110 valence electrons. The normalized spacial score (nSPS) is 11.8. The predicted octanol–water partition coefficient (Wildman–Crippen LogP) is 5.09. The Bertz CT molecular complexity index is 647. The van der Waals surface area contributed by atoms with E-state index in [1.807, 2.05) is 30.3 Å². The Kier molecular flexibility index (Phi) is 5.34. The van der Waals surface area contributed by atoms with Gasteiger partial charge in [-0.05, 0) is 31.2 Å². The van der Waals surface area contributed by atoms with Crippen LogP contribution in [0.3, 0.4) is 0 Å². The van der Waals surface area contributed by atoms with Crippen molar-refractivity contribution < 1.29 is 4.79 Å². The highest BCUT2D eigenvalue weighted by molar-refractivity contribution is 6.44. The molecule has 2 aromatic rings. The summed E-state index contributed by atoms with van der Waals surface area (Å²) in [6.45, 7) is 1.73. The van der Waals surface area contributed by atoms with Crippen molar-refractivity contribution in [1.29, 1.82) is 0 Å². The first-order valence-corrected chi connectivity index (χ1v) is 7.38. The van der Waals surface area contributed by atoms with Gasteiger partial charge in [-0.2, -0.15) is 0 Å². The number of rotatable bonds is 4. The Morgan fingerprint density at radius 1 is 1.00 bits per heavy atom. The first kappa shape index (κ1) is 16.0. The number of hydrogen-bond acceptors (Lipinski definition) is 2. The molecule has 2 N–H and O–H groups in total. The lowest BCUT2D eigenvalue weighted by atomic mass is 10.2. The van der Waals surface area contributed by atoms with E-state index in [0.717, 1.165) is 5.69 Å². The second kappa shape index (κ2) is 7.03. The van der Waals surface area contributed by atoms with Crippen LogP contribution < -0.4 is 10.6 Å². The molecular weight excluding hydrogens is 331 g/mol. The summed E-state index contributed by atoms with van der Waals surface area (Å²) in [5.74, 6) is -0.177. The van der Waals surface area contributed by atoms with Crippen LogP contribution in [0, 0.1) is 0 Å². The van der Waals surface area contributed by atoms with Crippen molar-refractivity contribution in [3.05, 3.63) is 57.5 Å². The summed E-state index contributed by atoms with van der Waals surface area (Å²) in [6, 6.07) is 11.9. The molecule has 1 atom stereocenters. The molecule has 0 aromatic heterocycles. The molecule has 0 saturated carbocycles. The van der Waals surface area contributed by atoms with Crippen molar-refractivity contribution >= 4 is 52.1 Å². The zero-order valence-corrected chi connectivity index (χ0v) is 13.4. The molecule has 6 heteroatoms. The van der Waals surface area contributed by atoms with Crippen molar-refractivity contribution in [2.75, 3.05) is 10.6 Å². The van der Waals surface area contributed by atoms with E-state index in [4.69, 9.17) is 34.8 Å². The van der Waals surface area contributed by atoms with Gasteiger partial charge in [-0.3, -0.25) is 4.79 Å². The first-order chi connectivity index (χ1) is 9.97. The number of carbonyl (C=O) groups excluding carboxylic acids is 1. The minimum atomic E-state index is -0.486. The fraction of sp³-hybridized carbons (Fsp3) is 0.133. The third-order valence-corrected chi connectivity index (χ3v) is 3.85. The van der Waals surface area contributed by atoms with Crippen LogP contribution in [0.25, 0.3) is 0 Å². The number of para-hydroxylation sites is 1. The molecular formula is C15H13Cl3N2O. The molecule has 21 heavy (non-hydrogen) atoms. The van der Waals surface area contributed by atoms with Crippen molar-refractivity contribution in [1.82, 2.24) is 0 Å². The summed E-state index contributed by atoms with van der Waals surface area (Å²) >= 11 is 17.9. The van der Waals surface area contributed by atoms with Crippen LogP contribution in [0.1, 0.15) is 6.92 Å². The summed E-state index contributed by atoms with van der Waals surface area (Å²) in [7, 11) is 0. The lowest BCUT2D eigenvalue weighted by Crippen LogP contribution is -2.31. The minimum Gasteiger partial charge on any atom is -0.373 e. The third kappa shape index (κ3) is 4.27. The smallest absolute Gasteiger partial charge is 0.246 e. The van der Waals surface area contributed by atoms with Gasteiger partial charge in [0.2, 0.25) is 5.91 Å². The van der Waals surface area contributed by atoms with E-state index in [2.05, 4.69) is 10.6 Å². The second-order valence-electron chi connectivity index (χ2n) is 4.47. The lowest BCUT2D eigenvalue weighted by Gasteiger charge is -2.17.